The summed E-state index contributed by atoms with van der Waals surface area (Å²) >= 11 is 0. The van der Waals surface area contributed by atoms with Gasteiger partial charge in [0.1, 0.15) is 11.8 Å². The van der Waals surface area contributed by atoms with Crippen LogP contribution in [0.3, 0.4) is 0 Å². The molecule has 0 amide bonds. The van der Waals surface area contributed by atoms with Gasteiger partial charge in [-0.05, 0) is 36.0 Å². The van der Waals surface area contributed by atoms with E-state index in [9.17, 15) is 0 Å². The first-order valence-electron chi connectivity index (χ1n) is 6.87. The summed E-state index contributed by atoms with van der Waals surface area (Å²) in [4.78, 5) is 0. The molecule has 2 rings (SSSR count). The van der Waals surface area contributed by atoms with E-state index < -0.39 is 0 Å². The minimum atomic E-state index is 0.386. The average Bonchev–Trinajstić information content (AvgIpc) is 2.75. The Morgan fingerprint density at radius 3 is 2.84 bits per heavy atom. The summed E-state index contributed by atoms with van der Waals surface area (Å²) in [7, 11) is 1.60. The lowest BCUT2D eigenvalue weighted by Gasteiger charge is -2.28. The Balaban J connectivity index is 2.02. The summed E-state index contributed by atoms with van der Waals surface area (Å²) < 4.78 is 5.24. The summed E-state index contributed by atoms with van der Waals surface area (Å²) in [5.41, 5.74) is 2.14. The number of benzene rings is 1. The van der Waals surface area contributed by atoms with E-state index in [0.717, 1.165) is 6.54 Å². The van der Waals surface area contributed by atoms with Gasteiger partial charge in [-0.2, -0.15) is 5.26 Å². The van der Waals surface area contributed by atoms with Crippen LogP contribution in [0.1, 0.15) is 44.2 Å². The van der Waals surface area contributed by atoms with Crippen LogP contribution in [0.2, 0.25) is 0 Å². The highest BCUT2D eigenvalue weighted by Gasteiger charge is 2.33. The maximum atomic E-state index is 8.97. The van der Waals surface area contributed by atoms with Crippen molar-refractivity contribution in [2.24, 2.45) is 5.41 Å². The van der Waals surface area contributed by atoms with E-state index in [0.29, 0.717) is 22.8 Å². The molecule has 1 aromatic rings. The van der Waals surface area contributed by atoms with E-state index in [1.165, 1.54) is 24.8 Å². The standard InChI is InChI=1S/C16H22N2O/c1-16(2)8-4-5-15(16)18-11-12-6-7-13(10-17)14(9-12)19-3/h6-7,9,15,18H,4-5,8,11H2,1-3H3. The topological polar surface area (TPSA) is 45.0 Å². The van der Waals surface area contributed by atoms with E-state index in [-0.39, 0.29) is 0 Å². The van der Waals surface area contributed by atoms with Crippen molar-refractivity contribution in [3.8, 4) is 11.8 Å². The lowest BCUT2D eigenvalue weighted by Crippen LogP contribution is -2.37. The smallest absolute Gasteiger partial charge is 0.136 e. The van der Waals surface area contributed by atoms with Crippen molar-refractivity contribution in [2.75, 3.05) is 7.11 Å². The van der Waals surface area contributed by atoms with Gasteiger partial charge in [0.2, 0.25) is 0 Å². The van der Waals surface area contributed by atoms with E-state index in [1.54, 1.807) is 7.11 Å². The van der Waals surface area contributed by atoms with Gasteiger partial charge in [0.25, 0.3) is 0 Å². The molecule has 0 radical (unpaired) electrons. The number of hydrogen-bond donors (Lipinski definition) is 1. The molecule has 1 fully saturated rings. The molecule has 0 aromatic heterocycles. The third-order valence-corrected chi connectivity index (χ3v) is 4.20. The number of nitrogens with zero attached hydrogens (tertiary/aromatic N) is 1. The van der Waals surface area contributed by atoms with Crippen LogP contribution in [0.5, 0.6) is 5.75 Å². The molecule has 0 heterocycles. The Morgan fingerprint density at radius 2 is 2.26 bits per heavy atom. The monoisotopic (exact) mass is 258 g/mol. The van der Waals surface area contributed by atoms with Gasteiger partial charge >= 0.3 is 0 Å². The molecule has 1 saturated carbocycles. The van der Waals surface area contributed by atoms with Crippen LogP contribution < -0.4 is 10.1 Å². The van der Waals surface area contributed by atoms with Crippen molar-refractivity contribution in [2.45, 2.75) is 45.7 Å². The molecule has 3 nitrogen and oxygen atoms in total. The zero-order valence-electron chi connectivity index (χ0n) is 12.0. The molecule has 1 aromatic carbocycles. The quantitative estimate of drug-likeness (QED) is 0.901. The lowest BCUT2D eigenvalue weighted by molar-refractivity contribution is 0.282. The second-order valence-electron chi connectivity index (χ2n) is 5.96. The van der Waals surface area contributed by atoms with E-state index in [4.69, 9.17) is 10.00 Å². The van der Waals surface area contributed by atoms with Gasteiger partial charge in [0, 0.05) is 12.6 Å². The van der Waals surface area contributed by atoms with Crippen LogP contribution in [-0.4, -0.2) is 13.2 Å². The van der Waals surface area contributed by atoms with Crippen molar-refractivity contribution < 1.29 is 4.74 Å². The number of nitriles is 1. The number of ether oxygens (including phenoxy) is 1. The minimum Gasteiger partial charge on any atom is -0.495 e. The molecule has 3 heteroatoms. The highest BCUT2D eigenvalue weighted by atomic mass is 16.5. The number of hydrogen-bond acceptors (Lipinski definition) is 3. The molecule has 1 unspecified atom stereocenters. The van der Waals surface area contributed by atoms with Crippen molar-refractivity contribution in [3.63, 3.8) is 0 Å². The van der Waals surface area contributed by atoms with Gasteiger partial charge in [-0.15, -0.1) is 0 Å². The van der Waals surface area contributed by atoms with Crippen LogP contribution >= 0.6 is 0 Å². The molecular formula is C16H22N2O. The van der Waals surface area contributed by atoms with Crippen molar-refractivity contribution in [3.05, 3.63) is 29.3 Å². The maximum Gasteiger partial charge on any atom is 0.136 e. The Kier molecular flexibility index (Phi) is 4.11. The molecule has 0 aliphatic heterocycles. The van der Waals surface area contributed by atoms with Gasteiger partial charge in [-0.1, -0.05) is 26.3 Å². The van der Waals surface area contributed by atoms with Crippen LogP contribution in [0, 0.1) is 16.7 Å². The largest absolute Gasteiger partial charge is 0.495 e. The highest BCUT2D eigenvalue weighted by Crippen LogP contribution is 2.37. The molecule has 0 spiro atoms. The Morgan fingerprint density at radius 1 is 1.47 bits per heavy atom. The van der Waals surface area contributed by atoms with Crippen molar-refractivity contribution in [1.82, 2.24) is 5.32 Å². The third-order valence-electron chi connectivity index (χ3n) is 4.20. The Labute approximate surface area is 115 Å². The number of nitrogens with one attached hydrogen (secondary N) is 1. The third kappa shape index (κ3) is 3.08. The Bertz CT molecular complexity index is 488. The first kappa shape index (κ1) is 13.9. The van der Waals surface area contributed by atoms with Crippen LogP contribution in [0.25, 0.3) is 0 Å². The van der Waals surface area contributed by atoms with Crippen LogP contribution in [0.15, 0.2) is 18.2 Å². The van der Waals surface area contributed by atoms with Crippen LogP contribution in [0.4, 0.5) is 0 Å². The summed E-state index contributed by atoms with van der Waals surface area (Å²) in [5.74, 6) is 0.660. The molecule has 1 aliphatic carbocycles. The molecule has 19 heavy (non-hydrogen) atoms. The fraction of sp³-hybridized carbons (Fsp3) is 0.562. The number of methoxy groups -OCH3 is 1. The van der Waals surface area contributed by atoms with Gasteiger partial charge in [-0.25, -0.2) is 0 Å². The lowest BCUT2D eigenvalue weighted by atomic mass is 9.87. The fourth-order valence-electron chi connectivity index (χ4n) is 2.88. The molecule has 102 valence electrons. The second-order valence-corrected chi connectivity index (χ2v) is 5.96. The molecule has 1 aliphatic rings. The van der Waals surface area contributed by atoms with E-state index in [1.807, 2.05) is 18.2 Å². The zero-order chi connectivity index (χ0) is 13.9. The highest BCUT2D eigenvalue weighted by molar-refractivity contribution is 5.45. The Hall–Kier alpha value is -1.53. The fourth-order valence-corrected chi connectivity index (χ4v) is 2.88. The summed E-state index contributed by atoms with van der Waals surface area (Å²) in [6, 6.07) is 8.49. The van der Waals surface area contributed by atoms with E-state index in [2.05, 4.69) is 25.2 Å². The molecular weight excluding hydrogens is 236 g/mol. The maximum absolute atomic E-state index is 8.97. The van der Waals surface area contributed by atoms with Crippen molar-refractivity contribution >= 4 is 0 Å². The van der Waals surface area contributed by atoms with Gasteiger partial charge < -0.3 is 10.1 Å². The minimum absolute atomic E-state index is 0.386. The van der Waals surface area contributed by atoms with Gasteiger partial charge in [-0.3, -0.25) is 0 Å². The molecule has 1 atom stereocenters. The van der Waals surface area contributed by atoms with E-state index >= 15 is 0 Å². The zero-order valence-corrected chi connectivity index (χ0v) is 12.0. The summed E-state index contributed by atoms with van der Waals surface area (Å²) in [5, 5.41) is 12.6. The average molecular weight is 258 g/mol. The first-order chi connectivity index (χ1) is 9.06. The molecule has 0 bridgehead atoms. The molecule has 0 saturated heterocycles. The number of rotatable bonds is 4. The van der Waals surface area contributed by atoms with Crippen LogP contribution in [-0.2, 0) is 6.54 Å². The summed E-state index contributed by atoms with van der Waals surface area (Å²) in [6.07, 6.45) is 3.85. The molecule has 1 N–H and O–H groups in total. The SMILES string of the molecule is COc1cc(CNC2CCCC2(C)C)ccc1C#N. The normalized spacial score (nSPS) is 21.1. The predicted octanol–water partition coefficient (Wildman–Crippen LogP) is 3.24. The summed E-state index contributed by atoms with van der Waals surface area (Å²) in [6.45, 7) is 5.49. The first-order valence-corrected chi connectivity index (χ1v) is 6.87. The van der Waals surface area contributed by atoms with Crippen molar-refractivity contribution in [1.29, 1.82) is 5.26 Å². The van der Waals surface area contributed by atoms with Gasteiger partial charge in [0.05, 0.1) is 12.7 Å². The predicted molar refractivity (Wildman–Crippen MR) is 76.0 cm³/mol. The van der Waals surface area contributed by atoms with Gasteiger partial charge in [0.15, 0.2) is 0 Å². The second kappa shape index (κ2) is 5.63.